The molecule has 2 N–H and O–H groups in total. The van der Waals surface area contributed by atoms with Crippen LogP contribution in [0.4, 0.5) is 0 Å². The first-order valence-corrected chi connectivity index (χ1v) is 11.8. The molecule has 0 bridgehead atoms. The van der Waals surface area contributed by atoms with Crippen LogP contribution in [0.2, 0.25) is 5.02 Å². The van der Waals surface area contributed by atoms with Gasteiger partial charge in [-0.15, -0.1) is 11.3 Å². The molecule has 0 saturated carbocycles. The lowest BCUT2D eigenvalue weighted by atomic mass is 10.3. The van der Waals surface area contributed by atoms with Gasteiger partial charge in [-0.2, -0.15) is 0 Å². The van der Waals surface area contributed by atoms with Gasteiger partial charge in [-0.1, -0.05) is 17.7 Å². The number of hydrogen-bond donors (Lipinski definition) is 2. The van der Waals surface area contributed by atoms with Crippen molar-refractivity contribution in [2.24, 2.45) is 0 Å². The normalized spacial score (nSPS) is 12.6. The van der Waals surface area contributed by atoms with Crippen molar-refractivity contribution in [1.82, 2.24) is 15.5 Å². The Bertz CT molecular complexity index is 913. The number of benzene rings is 1. The van der Waals surface area contributed by atoms with E-state index < -0.39 is 26.9 Å². The summed E-state index contributed by atoms with van der Waals surface area (Å²) in [4.78, 5) is 26.7. The minimum Gasteiger partial charge on any atom is -0.348 e. The number of halogens is 1. The van der Waals surface area contributed by atoms with E-state index in [1.807, 2.05) is 19.0 Å². The summed E-state index contributed by atoms with van der Waals surface area (Å²) >= 11 is 7.12. The molecule has 0 fully saturated rings. The van der Waals surface area contributed by atoms with E-state index in [0.29, 0.717) is 22.9 Å². The Labute approximate surface area is 180 Å². The van der Waals surface area contributed by atoms with Gasteiger partial charge < -0.3 is 15.5 Å². The number of hydrogen-bond acceptors (Lipinski definition) is 6. The first-order valence-electron chi connectivity index (χ1n) is 8.95. The Kier molecular flexibility index (Phi) is 8.63. The molecule has 1 atom stereocenters. The molecule has 7 nitrogen and oxygen atoms in total. The van der Waals surface area contributed by atoms with Crippen LogP contribution in [0.3, 0.4) is 0 Å². The molecule has 0 aliphatic heterocycles. The van der Waals surface area contributed by atoms with E-state index in [1.54, 1.807) is 17.5 Å². The van der Waals surface area contributed by atoms with Gasteiger partial charge in [0.05, 0.1) is 4.90 Å². The molecule has 1 aromatic carbocycles. The molecule has 0 aliphatic carbocycles. The Hall–Kier alpha value is -1.94. The summed E-state index contributed by atoms with van der Waals surface area (Å²) in [5.74, 6) is -1.64. The molecular formula is C19H24ClN3O4S2. The van der Waals surface area contributed by atoms with Crippen LogP contribution in [0.25, 0.3) is 0 Å². The van der Waals surface area contributed by atoms with Crippen LogP contribution < -0.4 is 10.6 Å². The molecule has 0 radical (unpaired) electrons. The third-order valence-corrected chi connectivity index (χ3v) is 7.59. The number of carbonyl (C=O) groups is 2. The summed E-state index contributed by atoms with van der Waals surface area (Å²) in [5.41, 5.74) is 0. The van der Waals surface area contributed by atoms with Gasteiger partial charge in [0.15, 0.2) is 9.84 Å². The molecule has 2 amide bonds. The molecule has 158 valence electrons. The smallest absolute Gasteiger partial charge is 0.309 e. The third-order valence-electron chi connectivity index (χ3n) is 4.10. The molecule has 10 heteroatoms. The molecule has 1 aromatic heterocycles. The Morgan fingerprint density at radius 3 is 2.34 bits per heavy atom. The second kappa shape index (κ2) is 10.7. The fraction of sp³-hybridized carbons (Fsp3) is 0.368. The Balaban J connectivity index is 2.05. The van der Waals surface area contributed by atoms with Gasteiger partial charge in [0.2, 0.25) is 0 Å². The van der Waals surface area contributed by atoms with Crippen LogP contribution in [0.15, 0.2) is 46.7 Å². The monoisotopic (exact) mass is 457 g/mol. The second-order valence-corrected chi connectivity index (χ2v) is 10.2. The second-order valence-electron chi connectivity index (χ2n) is 6.63. The SMILES string of the molecule is CN(C)CCCNC(=O)C(=O)NC[C@H](c1cccs1)S(=O)(=O)c1ccc(Cl)cc1. The predicted molar refractivity (Wildman–Crippen MR) is 115 cm³/mol. The molecule has 0 aliphatic rings. The van der Waals surface area contributed by atoms with Crippen LogP contribution in [-0.2, 0) is 19.4 Å². The van der Waals surface area contributed by atoms with Crippen molar-refractivity contribution < 1.29 is 18.0 Å². The summed E-state index contributed by atoms with van der Waals surface area (Å²) in [6.45, 7) is 0.930. The quantitative estimate of drug-likeness (QED) is 0.444. The zero-order valence-corrected chi connectivity index (χ0v) is 18.6. The van der Waals surface area contributed by atoms with Gasteiger partial charge in [0.25, 0.3) is 0 Å². The number of carbonyl (C=O) groups excluding carboxylic acids is 2. The average molecular weight is 458 g/mol. The highest BCUT2D eigenvalue weighted by molar-refractivity contribution is 7.91. The van der Waals surface area contributed by atoms with Crippen molar-refractivity contribution in [2.45, 2.75) is 16.6 Å². The van der Waals surface area contributed by atoms with Crippen LogP contribution >= 0.6 is 22.9 Å². The molecule has 0 unspecified atom stereocenters. The van der Waals surface area contributed by atoms with E-state index in [4.69, 9.17) is 11.6 Å². The van der Waals surface area contributed by atoms with Crippen molar-refractivity contribution in [3.05, 3.63) is 51.7 Å². The average Bonchev–Trinajstić information content (AvgIpc) is 3.19. The maximum atomic E-state index is 13.1. The van der Waals surface area contributed by atoms with Crippen LogP contribution in [0.1, 0.15) is 16.5 Å². The first-order chi connectivity index (χ1) is 13.7. The van der Waals surface area contributed by atoms with E-state index in [2.05, 4.69) is 10.6 Å². The minimum absolute atomic E-state index is 0.0997. The molecule has 1 heterocycles. The highest BCUT2D eigenvalue weighted by Crippen LogP contribution is 2.31. The molecule has 29 heavy (non-hydrogen) atoms. The third kappa shape index (κ3) is 6.81. The number of rotatable bonds is 9. The lowest BCUT2D eigenvalue weighted by Gasteiger charge is -2.17. The maximum Gasteiger partial charge on any atom is 0.309 e. The molecule has 0 spiro atoms. The lowest BCUT2D eigenvalue weighted by molar-refractivity contribution is -0.139. The number of amides is 2. The summed E-state index contributed by atoms with van der Waals surface area (Å²) in [7, 11) is 0.0413. The Morgan fingerprint density at radius 2 is 1.76 bits per heavy atom. The topological polar surface area (TPSA) is 95.6 Å². The zero-order valence-electron chi connectivity index (χ0n) is 16.2. The molecular weight excluding hydrogens is 434 g/mol. The van der Waals surface area contributed by atoms with Crippen molar-refractivity contribution >= 4 is 44.6 Å². The van der Waals surface area contributed by atoms with Crippen molar-refractivity contribution in [3.8, 4) is 0 Å². The van der Waals surface area contributed by atoms with Crippen molar-refractivity contribution in [2.75, 3.05) is 33.7 Å². The highest BCUT2D eigenvalue weighted by Gasteiger charge is 2.31. The van der Waals surface area contributed by atoms with E-state index >= 15 is 0 Å². The van der Waals surface area contributed by atoms with E-state index in [1.165, 1.54) is 35.6 Å². The standard InChI is InChI=1S/C19H24ClN3O4S2/c1-23(2)11-4-10-21-18(24)19(25)22-13-17(16-5-3-12-28-16)29(26,27)15-8-6-14(20)7-9-15/h3,5-9,12,17H,4,10-11,13H2,1-2H3,(H,21,24)(H,22,25)/t17-/m1/s1. The van der Waals surface area contributed by atoms with Crippen LogP contribution in [-0.4, -0.2) is 58.9 Å². The number of nitrogens with one attached hydrogen (secondary N) is 2. The summed E-state index contributed by atoms with van der Waals surface area (Å²) < 4.78 is 26.2. The molecule has 2 rings (SSSR count). The molecule has 2 aromatic rings. The lowest BCUT2D eigenvalue weighted by Crippen LogP contribution is -2.42. The molecule has 0 saturated heterocycles. The van der Waals surface area contributed by atoms with E-state index in [0.717, 1.165) is 6.54 Å². The minimum atomic E-state index is -3.79. The van der Waals surface area contributed by atoms with Gasteiger partial charge >= 0.3 is 11.8 Å². The Morgan fingerprint density at radius 1 is 1.10 bits per heavy atom. The fourth-order valence-electron chi connectivity index (χ4n) is 2.57. The number of sulfone groups is 1. The summed E-state index contributed by atoms with van der Waals surface area (Å²) in [6.07, 6.45) is 0.703. The number of thiophene rings is 1. The van der Waals surface area contributed by atoms with Crippen LogP contribution in [0.5, 0.6) is 0 Å². The van der Waals surface area contributed by atoms with Crippen LogP contribution in [0, 0.1) is 0 Å². The fourth-order valence-corrected chi connectivity index (χ4v) is 5.48. The van der Waals surface area contributed by atoms with E-state index in [9.17, 15) is 18.0 Å². The van der Waals surface area contributed by atoms with Gasteiger partial charge in [-0.3, -0.25) is 9.59 Å². The van der Waals surface area contributed by atoms with Gasteiger partial charge in [-0.05, 0) is 62.8 Å². The van der Waals surface area contributed by atoms with E-state index in [-0.39, 0.29) is 11.4 Å². The number of nitrogens with zero attached hydrogens (tertiary/aromatic N) is 1. The first kappa shape index (κ1) is 23.3. The maximum absolute atomic E-state index is 13.1. The highest BCUT2D eigenvalue weighted by atomic mass is 35.5. The van der Waals surface area contributed by atoms with Gasteiger partial charge in [0.1, 0.15) is 5.25 Å². The predicted octanol–water partition coefficient (Wildman–Crippen LogP) is 2.10. The summed E-state index contributed by atoms with van der Waals surface area (Å²) in [6, 6.07) is 9.29. The zero-order chi connectivity index (χ0) is 21.4. The van der Waals surface area contributed by atoms with Crippen molar-refractivity contribution in [3.63, 3.8) is 0 Å². The van der Waals surface area contributed by atoms with Gasteiger partial charge in [-0.25, -0.2) is 8.42 Å². The van der Waals surface area contributed by atoms with Crippen molar-refractivity contribution in [1.29, 1.82) is 0 Å². The van der Waals surface area contributed by atoms with Gasteiger partial charge in [0, 0.05) is 23.0 Å². The largest absolute Gasteiger partial charge is 0.348 e. The summed E-state index contributed by atoms with van der Waals surface area (Å²) in [5, 5.41) is 6.17.